The van der Waals surface area contributed by atoms with Gasteiger partial charge in [-0.05, 0) is 35.0 Å². The maximum atomic E-state index is 11.5. The van der Waals surface area contributed by atoms with Crippen LogP contribution in [0, 0.1) is 0 Å². The topological polar surface area (TPSA) is 60.4 Å². The summed E-state index contributed by atoms with van der Waals surface area (Å²) in [6, 6.07) is 2.29. The number of esters is 1. The Bertz CT molecular complexity index is 556. The van der Waals surface area contributed by atoms with Crippen LogP contribution in [0.2, 0.25) is 5.02 Å². The van der Waals surface area contributed by atoms with Gasteiger partial charge in [-0.1, -0.05) is 11.6 Å². The number of benzene rings is 1. The molecule has 0 saturated carbocycles. The summed E-state index contributed by atoms with van der Waals surface area (Å²) >= 11 is 8.91. The fraction of sp³-hybridized carbons (Fsp3) is 0.222. The highest BCUT2D eigenvalue weighted by Gasteiger charge is 2.20. The van der Waals surface area contributed by atoms with E-state index in [0.717, 1.165) is 6.07 Å². The highest BCUT2D eigenvalue weighted by atomic mass is 79.9. The second-order valence-corrected chi connectivity index (χ2v) is 6.72. The lowest BCUT2D eigenvalue weighted by Crippen LogP contribution is -2.07. The minimum Gasteiger partial charge on any atom is -0.462 e. The summed E-state index contributed by atoms with van der Waals surface area (Å²) in [6.07, 6.45) is 0. The van der Waals surface area contributed by atoms with Crippen molar-refractivity contribution in [1.29, 1.82) is 0 Å². The molecule has 0 unspecified atom stereocenters. The smallest absolute Gasteiger partial charge is 0.339 e. The molecular weight excluding hydrogens is 355 g/mol. The zero-order chi connectivity index (χ0) is 13.2. The lowest BCUT2D eigenvalue weighted by atomic mass is 10.2. The Morgan fingerprint density at radius 3 is 2.53 bits per heavy atom. The summed E-state index contributed by atoms with van der Waals surface area (Å²) in [6.45, 7) is 1.79. The first-order valence-corrected chi connectivity index (χ1v) is 7.86. The predicted molar refractivity (Wildman–Crippen MR) is 68.1 cm³/mol. The molecule has 0 heterocycles. The van der Waals surface area contributed by atoms with Crippen LogP contribution in [0.4, 0.5) is 0 Å². The summed E-state index contributed by atoms with van der Waals surface area (Å²) < 4.78 is 27.4. The van der Waals surface area contributed by atoms with Crippen molar-refractivity contribution in [2.75, 3.05) is 6.61 Å². The molecular formula is C9H7BrCl2O4S. The second kappa shape index (κ2) is 5.56. The van der Waals surface area contributed by atoms with E-state index >= 15 is 0 Å². The number of ether oxygens (including phenoxy) is 1. The molecule has 0 amide bonds. The number of carbonyl (C=O) groups is 1. The first-order valence-electron chi connectivity index (χ1n) is 4.38. The van der Waals surface area contributed by atoms with E-state index in [-0.39, 0.29) is 26.6 Å². The van der Waals surface area contributed by atoms with Crippen molar-refractivity contribution in [1.82, 2.24) is 0 Å². The number of rotatable bonds is 3. The van der Waals surface area contributed by atoms with E-state index in [4.69, 9.17) is 27.0 Å². The molecule has 94 valence electrons. The van der Waals surface area contributed by atoms with Gasteiger partial charge in [0.1, 0.15) is 0 Å². The molecule has 8 heteroatoms. The van der Waals surface area contributed by atoms with Crippen LogP contribution in [-0.4, -0.2) is 21.0 Å². The molecule has 0 saturated heterocycles. The molecule has 17 heavy (non-hydrogen) atoms. The predicted octanol–water partition coefficient (Wildman–Crippen LogP) is 3.21. The molecule has 0 radical (unpaired) electrons. The summed E-state index contributed by atoms with van der Waals surface area (Å²) in [5.74, 6) is -0.708. The number of hydrogen-bond donors (Lipinski definition) is 0. The Labute approximate surface area is 116 Å². The fourth-order valence-corrected chi connectivity index (χ4v) is 2.64. The Hall–Kier alpha value is -0.300. The van der Waals surface area contributed by atoms with E-state index in [2.05, 4.69) is 15.9 Å². The summed E-state index contributed by atoms with van der Waals surface area (Å²) in [4.78, 5) is 11.3. The van der Waals surface area contributed by atoms with Gasteiger partial charge >= 0.3 is 5.97 Å². The first kappa shape index (κ1) is 14.8. The van der Waals surface area contributed by atoms with Crippen molar-refractivity contribution in [2.45, 2.75) is 11.8 Å². The lowest BCUT2D eigenvalue weighted by Gasteiger charge is -2.07. The third-order valence-corrected chi connectivity index (χ3v) is 4.37. The van der Waals surface area contributed by atoms with Crippen molar-refractivity contribution >= 4 is 53.2 Å². The standard InChI is InChI=1S/C9H7BrCl2O4S/c1-2-16-9(13)6-3-5(17(12,14)15)4-7(10)8(6)11/h3-4H,2H2,1H3. The second-order valence-electron chi connectivity index (χ2n) is 2.92. The minimum atomic E-state index is -3.94. The Kier molecular flexibility index (Phi) is 4.83. The van der Waals surface area contributed by atoms with Crippen LogP contribution in [0.5, 0.6) is 0 Å². The first-order chi connectivity index (χ1) is 7.77. The summed E-state index contributed by atoms with van der Waals surface area (Å²) in [5.41, 5.74) is -0.0536. The van der Waals surface area contributed by atoms with Crippen molar-refractivity contribution in [3.05, 3.63) is 27.2 Å². The van der Waals surface area contributed by atoms with E-state index in [9.17, 15) is 13.2 Å². The van der Waals surface area contributed by atoms with Gasteiger partial charge in [0.2, 0.25) is 0 Å². The van der Waals surface area contributed by atoms with Crippen LogP contribution < -0.4 is 0 Å². The molecule has 1 aromatic carbocycles. The Morgan fingerprint density at radius 2 is 2.06 bits per heavy atom. The Morgan fingerprint density at radius 1 is 1.47 bits per heavy atom. The third kappa shape index (κ3) is 3.58. The van der Waals surface area contributed by atoms with Gasteiger partial charge in [0.15, 0.2) is 0 Å². The van der Waals surface area contributed by atoms with Gasteiger partial charge in [-0.25, -0.2) is 13.2 Å². The highest BCUT2D eigenvalue weighted by molar-refractivity contribution is 9.10. The van der Waals surface area contributed by atoms with Gasteiger partial charge in [-0.15, -0.1) is 0 Å². The van der Waals surface area contributed by atoms with Crippen molar-refractivity contribution in [3.8, 4) is 0 Å². The molecule has 0 N–H and O–H groups in total. The van der Waals surface area contributed by atoms with Crippen LogP contribution in [0.25, 0.3) is 0 Å². The average Bonchev–Trinajstić information content (AvgIpc) is 2.20. The van der Waals surface area contributed by atoms with Crippen LogP contribution >= 0.6 is 38.2 Å². The van der Waals surface area contributed by atoms with Crippen molar-refractivity contribution < 1.29 is 17.9 Å². The zero-order valence-corrected chi connectivity index (χ0v) is 12.5. The molecule has 0 atom stereocenters. The average molecular weight is 362 g/mol. The van der Waals surface area contributed by atoms with Crippen molar-refractivity contribution in [3.63, 3.8) is 0 Å². The number of halogens is 3. The molecule has 0 aliphatic heterocycles. The maximum Gasteiger partial charge on any atom is 0.339 e. The van der Waals surface area contributed by atoms with Crippen LogP contribution in [0.3, 0.4) is 0 Å². The van der Waals surface area contributed by atoms with Crippen LogP contribution in [0.15, 0.2) is 21.5 Å². The molecule has 0 aromatic heterocycles. The summed E-state index contributed by atoms with van der Waals surface area (Å²) in [5, 5.41) is 0.0764. The van der Waals surface area contributed by atoms with Crippen LogP contribution in [-0.2, 0) is 13.8 Å². The van der Waals surface area contributed by atoms with Gasteiger partial charge in [0, 0.05) is 15.2 Å². The number of hydrogen-bond acceptors (Lipinski definition) is 4. The zero-order valence-electron chi connectivity index (χ0n) is 8.54. The monoisotopic (exact) mass is 360 g/mol. The molecule has 0 spiro atoms. The van der Waals surface area contributed by atoms with Gasteiger partial charge in [-0.3, -0.25) is 0 Å². The van der Waals surface area contributed by atoms with E-state index in [1.807, 2.05) is 0 Å². The minimum absolute atomic E-state index is 0.0536. The van der Waals surface area contributed by atoms with Crippen molar-refractivity contribution in [2.24, 2.45) is 0 Å². The van der Waals surface area contributed by atoms with Gasteiger partial charge < -0.3 is 4.74 Å². The normalized spacial score (nSPS) is 11.3. The van der Waals surface area contributed by atoms with Crippen LogP contribution in [0.1, 0.15) is 17.3 Å². The molecule has 0 aliphatic carbocycles. The van der Waals surface area contributed by atoms with E-state index < -0.39 is 15.0 Å². The maximum absolute atomic E-state index is 11.5. The molecule has 0 fully saturated rings. The van der Waals surface area contributed by atoms with Gasteiger partial charge in [-0.2, -0.15) is 0 Å². The SMILES string of the molecule is CCOC(=O)c1cc(S(=O)(=O)Cl)cc(Br)c1Cl. The molecule has 1 aromatic rings. The molecule has 0 bridgehead atoms. The van der Waals surface area contributed by atoms with E-state index in [1.165, 1.54) is 6.07 Å². The Balaban J connectivity index is 3.40. The third-order valence-electron chi connectivity index (χ3n) is 1.78. The summed E-state index contributed by atoms with van der Waals surface area (Å²) in [7, 11) is 1.26. The molecule has 1 rings (SSSR count). The van der Waals surface area contributed by atoms with E-state index in [0.29, 0.717) is 0 Å². The fourth-order valence-electron chi connectivity index (χ4n) is 1.06. The number of carbonyl (C=O) groups excluding carboxylic acids is 1. The molecule has 4 nitrogen and oxygen atoms in total. The quantitative estimate of drug-likeness (QED) is 0.612. The lowest BCUT2D eigenvalue weighted by molar-refractivity contribution is 0.0526. The molecule has 0 aliphatic rings. The largest absolute Gasteiger partial charge is 0.462 e. The van der Waals surface area contributed by atoms with Gasteiger partial charge in [0.05, 0.1) is 22.1 Å². The highest BCUT2D eigenvalue weighted by Crippen LogP contribution is 2.31. The van der Waals surface area contributed by atoms with E-state index in [1.54, 1.807) is 6.92 Å². The van der Waals surface area contributed by atoms with Gasteiger partial charge in [0.25, 0.3) is 9.05 Å².